The van der Waals surface area contributed by atoms with Crippen molar-refractivity contribution in [3.05, 3.63) is 27.0 Å². The number of aromatic nitrogens is 2. The molecule has 0 fully saturated rings. The highest BCUT2D eigenvalue weighted by Crippen LogP contribution is 2.02. The van der Waals surface area contributed by atoms with Crippen LogP contribution in [0.2, 0.25) is 0 Å². The molecule has 0 bridgehead atoms. The summed E-state index contributed by atoms with van der Waals surface area (Å²) >= 11 is 0. The van der Waals surface area contributed by atoms with Crippen LogP contribution in [-0.4, -0.2) is 20.8 Å². The van der Waals surface area contributed by atoms with E-state index in [9.17, 15) is 14.7 Å². The zero-order valence-electron chi connectivity index (χ0n) is 8.73. The summed E-state index contributed by atoms with van der Waals surface area (Å²) in [5.41, 5.74) is 4.16. The first-order chi connectivity index (χ1) is 6.91. The molecular weight excluding hydrogens is 198 g/mol. The van der Waals surface area contributed by atoms with E-state index in [1.165, 1.54) is 10.8 Å². The van der Waals surface area contributed by atoms with E-state index in [1.807, 2.05) is 13.8 Å². The van der Waals surface area contributed by atoms with E-state index >= 15 is 0 Å². The van der Waals surface area contributed by atoms with Gasteiger partial charge >= 0.3 is 5.69 Å². The quantitative estimate of drug-likeness (QED) is 0.607. The molecule has 15 heavy (non-hydrogen) atoms. The molecule has 1 aromatic rings. The van der Waals surface area contributed by atoms with E-state index in [2.05, 4.69) is 4.98 Å². The van der Waals surface area contributed by atoms with Crippen LogP contribution in [0, 0.1) is 5.92 Å². The van der Waals surface area contributed by atoms with Gasteiger partial charge in [-0.1, -0.05) is 13.8 Å². The Balaban J connectivity index is 3.01. The predicted molar refractivity (Wildman–Crippen MR) is 56.6 cm³/mol. The Labute approximate surface area is 86.4 Å². The molecule has 6 heteroatoms. The van der Waals surface area contributed by atoms with Gasteiger partial charge in [-0.25, -0.2) is 4.79 Å². The molecular formula is C9H15N3O3. The Morgan fingerprint density at radius 3 is 2.67 bits per heavy atom. The first kappa shape index (κ1) is 11.5. The summed E-state index contributed by atoms with van der Waals surface area (Å²) in [6.07, 6.45) is 0.597. The molecule has 0 aromatic carbocycles. The third kappa shape index (κ3) is 2.69. The molecule has 1 aromatic heterocycles. The van der Waals surface area contributed by atoms with E-state index in [0.717, 1.165) is 0 Å². The summed E-state index contributed by atoms with van der Waals surface area (Å²) in [7, 11) is 0. The fourth-order valence-electron chi connectivity index (χ4n) is 1.07. The molecule has 0 spiro atoms. The maximum Gasteiger partial charge on any atom is 0.328 e. The number of nitrogen functional groups attached to an aromatic ring is 1. The smallest absolute Gasteiger partial charge is 0.328 e. The number of H-pyrrole nitrogens is 1. The highest BCUT2D eigenvalue weighted by atomic mass is 16.3. The predicted octanol–water partition coefficient (Wildman–Crippen LogP) is -0.864. The lowest BCUT2D eigenvalue weighted by Gasteiger charge is -2.15. The van der Waals surface area contributed by atoms with Gasteiger partial charge in [0.2, 0.25) is 0 Å². The fraction of sp³-hybridized carbons (Fsp3) is 0.556. The van der Waals surface area contributed by atoms with E-state index < -0.39 is 17.4 Å². The first-order valence-electron chi connectivity index (χ1n) is 4.69. The molecule has 1 rings (SSSR count). The monoisotopic (exact) mass is 213 g/mol. The van der Waals surface area contributed by atoms with Gasteiger partial charge in [-0.15, -0.1) is 0 Å². The minimum atomic E-state index is -0.645. The molecule has 0 aliphatic carbocycles. The van der Waals surface area contributed by atoms with Crippen LogP contribution >= 0.6 is 0 Å². The van der Waals surface area contributed by atoms with Crippen molar-refractivity contribution >= 4 is 5.69 Å². The van der Waals surface area contributed by atoms with Crippen LogP contribution in [0.1, 0.15) is 13.8 Å². The van der Waals surface area contributed by atoms with Crippen molar-refractivity contribution in [2.45, 2.75) is 26.5 Å². The van der Waals surface area contributed by atoms with Gasteiger partial charge in [-0.05, 0) is 5.92 Å². The second-order valence-electron chi connectivity index (χ2n) is 3.81. The van der Waals surface area contributed by atoms with Crippen LogP contribution in [-0.2, 0) is 6.54 Å². The van der Waals surface area contributed by atoms with Gasteiger partial charge in [0, 0.05) is 6.20 Å². The summed E-state index contributed by atoms with van der Waals surface area (Å²) in [5.74, 6) is 0.0325. The number of rotatable bonds is 3. The molecule has 0 aliphatic rings. The number of aliphatic hydroxyl groups is 1. The number of aliphatic hydroxyl groups excluding tert-OH is 1. The third-order valence-electron chi connectivity index (χ3n) is 2.19. The van der Waals surface area contributed by atoms with Gasteiger partial charge in [0.05, 0.1) is 12.6 Å². The first-order valence-corrected chi connectivity index (χ1v) is 4.69. The average Bonchev–Trinajstić information content (AvgIpc) is 2.13. The Kier molecular flexibility index (Phi) is 3.31. The minimum absolute atomic E-state index is 0.0325. The number of nitrogens with zero attached hydrogens (tertiary/aromatic N) is 1. The molecule has 0 saturated carbocycles. The maximum atomic E-state index is 11.3. The summed E-state index contributed by atoms with van der Waals surface area (Å²) in [6, 6.07) is 0. The van der Waals surface area contributed by atoms with Gasteiger partial charge in [0.25, 0.3) is 5.56 Å². The van der Waals surface area contributed by atoms with Crippen LogP contribution in [0.5, 0.6) is 0 Å². The molecule has 6 nitrogen and oxygen atoms in total. The van der Waals surface area contributed by atoms with Crippen molar-refractivity contribution in [1.82, 2.24) is 9.55 Å². The van der Waals surface area contributed by atoms with Crippen LogP contribution in [0.4, 0.5) is 5.69 Å². The molecule has 0 saturated heterocycles. The second kappa shape index (κ2) is 4.31. The molecule has 1 heterocycles. The number of anilines is 1. The number of hydrogen-bond donors (Lipinski definition) is 3. The Morgan fingerprint density at radius 2 is 2.13 bits per heavy atom. The zero-order chi connectivity index (χ0) is 11.6. The van der Waals surface area contributed by atoms with Crippen molar-refractivity contribution in [3.8, 4) is 0 Å². The van der Waals surface area contributed by atoms with Crippen molar-refractivity contribution in [2.24, 2.45) is 5.92 Å². The highest BCUT2D eigenvalue weighted by molar-refractivity contribution is 5.30. The minimum Gasteiger partial charge on any atom is -0.393 e. The van der Waals surface area contributed by atoms with Gasteiger partial charge < -0.3 is 10.8 Å². The number of hydrogen-bond acceptors (Lipinski definition) is 4. The maximum absolute atomic E-state index is 11.3. The standard InChI is InChI=1S/C9H15N3O3/c1-5(2)7(13)4-12-3-6(10)8(14)11-9(12)15/h3,5,7,13H,4,10H2,1-2H3,(H,11,14,15). The molecule has 1 atom stereocenters. The van der Waals surface area contributed by atoms with E-state index in [1.54, 1.807) is 0 Å². The van der Waals surface area contributed by atoms with E-state index in [-0.39, 0.29) is 18.2 Å². The molecule has 0 aliphatic heterocycles. The average molecular weight is 213 g/mol. The van der Waals surface area contributed by atoms with Crippen LogP contribution < -0.4 is 17.0 Å². The molecule has 4 N–H and O–H groups in total. The normalized spacial score (nSPS) is 13.1. The number of nitrogens with two attached hydrogens (primary N) is 1. The third-order valence-corrected chi connectivity index (χ3v) is 2.19. The Morgan fingerprint density at radius 1 is 1.53 bits per heavy atom. The van der Waals surface area contributed by atoms with Crippen LogP contribution in [0.3, 0.4) is 0 Å². The summed E-state index contributed by atoms with van der Waals surface area (Å²) in [5, 5.41) is 9.57. The van der Waals surface area contributed by atoms with Crippen LogP contribution in [0.15, 0.2) is 15.8 Å². The van der Waals surface area contributed by atoms with Crippen molar-refractivity contribution < 1.29 is 5.11 Å². The Bertz CT molecular complexity index is 447. The van der Waals surface area contributed by atoms with Gasteiger partial charge in [0.15, 0.2) is 0 Å². The lowest BCUT2D eigenvalue weighted by Crippen LogP contribution is -2.35. The largest absolute Gasteiger partial charge is 0.393 e. The van der Waals surface area contributed by atoms with Crippen LogP contribution in [0.25, 0.3) is 0 Å². The molecule has 1 unspecified atom stereocenters. The van der Waals surface area contributed by atoms with Gasteiger partial charge in [0.1, 0.15) is 5.69 Å². The van der Waals surface area contributed by atoms with Gasteiger partial charge in [-0.3, -0.25) is 14.3 Å². The lowest BCUT2D eigenvalue weighted by molar-refractivity contribution is 0.105. The summed E-state index contributed by atoms with van der Waals surface area (Å²) in [4.78, 5) is 24.3. The van der Waals surface area contributed by atoms with Crippen molar-refractivity contribution in [2.75, 3.05) is 5.73 Å². The fourth-order valence-corrected chi connectivity index (χ4v) is 1.07. The summed E-state index contributed by atoms with van der Waals surface area (Å²) in [6.45, 7) is 3.80. The van der Waals surface area contributed by atoms with Crippen molar-refractivity contribution in [3.63, 3.8) is 0 Å². The van der Waals surface area contributed by atoms with E-state index in [4.69, 9.17) is 5.73 Å². The van der Waals surface area contributed by atoms with Gasteiger partial charge in [-0.2, -0.15) is 0 Å². The molecule has 0 radical (unpaired) electrons. The van der Waals surface area contributed by atoms with E-state index in [0.29, 0.717) is 0 Å². The lowest BCUT2D eigenvalue weighted by atomic mass is 10.1. The zero-order valence-corrected chi connectivity index (χ0v) is 8.73. The number of nitrogens with one attached hydrogen (secondary N) is 1. The SMILES string of the molecule is CC(C)C(O)Cn1cc(N)c(=O)[nH]c1=O. The molecule has 0 amide bonds. The Hall–Kier alpha value is -1.56. The number of aromatic amines is 1. The van der Waals surface area contributed by atoms with Crippen molar-refractivity contribution in [1.29, 1.82) is 0 Å². The summed E-state index contributed by atoms with van der Waals surface area (Å²) < 4.78 is 1.20. The topological polar surface area (TPSA) is 101 Å². The molecule has 84 valence electrons. The highest BCUT2D eigenvalue weighted by Gasteiger charge is 2.11. The second-order valence-corrected chi connectivity index (χ2v) is 3.81.